The van der Waals surface area contributed by atoms with Crippen molar-refractivity contribution in [2.45, 2.75) is 20.0 Å². The van der Waals surface area contributed by atoms with Crippen molar-refractivity contribution in [1.29, 1.82) is 0 Å². The maximum atomic E-state index is 5.92. The molecule has 0 heterocycles. The number of rotatable bonds is 3. The van der Waals surface area contributed by atoms with Crippen LogP contribution in [0.2, 0.25) is 18.1 Å². The molecule has 0 aliphatic heterocycles. The van der Waals surface area contributed by atoms with Crippen molar-refractivity contribution in [2.75, 3.05) is 0 Å². The summed E-state index contributed by atoms with van der Waals surface area (Å²) in [5.74, 6) is 0.878. The predicted molar refractivity (Wildman–Crippen MR) is 64.5 cm³/mol. The highest BCUT2D eigenvalue weighted by Crippen LogP contribution is 2.23. The molecule has 0 fully saturated rings. The highest BCUT2D eigenvalue weighted by atomic mass is 35.5. The van der Waals surface area contributed by atoms with E-state index in [9.17, 15) is 0 Å². The SMILES string of the molecule is C=C[Si](C)(C)Oc1ccc(Cl)c(C)c1. The van der Waals surface area contributed by atoms with Gasteiger partial charge in [0, 0.05) is 5.02 Å². The minimum atomic E-state index is -1.74. The van der Waals surface area contributed by atoms with Gasteiger partial charge in [0.2, 0.25) is 0 Å². The Bertz CT molecular complexity index is 347. The van der Waals surface area contributed by atoms with Crippen molar-refractivity contribution in [2.24, 2.45) is 0 Å². The lowest BCUT2D eigenvalue weighted by Gasteiger charge is -2.20. The van der Waals surface area contributed by atoms with Gasteiger partial charge in [-0.3, -0.25) is 0 Å². The number of aryl methyl sites for hydroxylation is 1. The monoisotopic (exact) mass is 226 g/mol. The molecular formula is C11H15ClOSi. The summed E-state index contributed by atoms with van der Waals surface area (Å²) in [5, 5.41) is 0.774. The van der Waals surface area contributed by atoms with E-state index in [1.54, 1.807) is 0 Å². The normalized spacial score (nSPS) is 11.1. The molecule has 0 unspecified atom stereocenters. The summed E-state index contributed by atoms with van der Waals surface area (Å²) in [4.78, 5) is 0. The molecule has 0 aromatic heterocycles. The summed E-state index contributed by atoms with van der Waals surface area (Å²) >= 11 is 5.92. The zero-order valence-electron chi connectivity index (χ0n) is 8.80. The Labute approximate surface area is 91.5 Å². The zero-order valence-corrected chi connectivity index (χ0v) is 10.6. The standard InChI is InChI=1S/C11H15ClOSi/c1-5-14(3,4)13-10-6-7-11(12)9(2)8-10/h5-8H,1H2,2-4H3. The molecule has 1 aromatic rings. The molecule has 0 atom stereocenters. The highest BCUT2D eigenvalue weighted by Gasteiger charge is 2.19. The van der Waals surface area contributed by atoms with Gasteiger partial charge in [-0.2, -0.15) is 0 Å². The third kappa shape index (κ3) is 2.89. The Morgan fingerprint density at radius 1 is 1.43 bits per heavy atom. The average molecular weight is 227 g/mol. The minimum absolute atomic E-state index is 0.774. The summed E-state index contributed by atoms with van der Waals surface area (Å²) in [5.41, 5.74) is 2.95. The first kappa shape index (κ1) is 11.3. The molecule has 0 aliphatic rings. The number of hydrogen-bond donors (Lipinski definition) is 0. The van der Waals surface area contributed by atoms with Gasteiger partial charge in [0.15, 0.2) is 0 Å². The van der Waals surface area contributed by atoms with Crippen LogP contribution in [0.5, 0.6) is 5.75 Å². The van der Waals surface area contributed by atoms with E-state index in [0.29, 0.717) is 0 Å². The maximum Gasteiger partial charge on any atom is 0.269 e. The summed E-state index contributed by atoms with van der Waals surface area (Å²) < 4.78 is 5.85. The molecule has 0 saturated carbocycles. The lowest BCUT2D eigenvalue weighted by molar-refractivity contribution is 0.563. The van der Waals surface area contributed by atoms with Crippen LogP contribution in [-0.4, -0.2) is 8.32 Å². The third-order valence-corrected chi connectivity index (χ3v) is 4.17. The first-order valence-corrected chi connectivity index (χ1v) is 7.90. The first-order valence-electron chi connectivity index (χ1n) is 4.53. The average Bonchev–Trinajstić information content (AvgIpc) is 2.11. The molecule has 0 spiro atoms. The fourth-order valence-corrected chi connectivity index (χ4v) is 1.96. The second kappa shape index (κ2) is 4.19. The van der Waals surface area contributed by atoms with Crippen LogP contribution in [0.15, 0.2) is 30.5 Å². The van der Waals surface area contributed by atoms with Crippen molar-refractivity contribution in [1.82, 2.24) is 0 Å². The molecule has 0 aliphatic carbocycles. The summed E-state index contributed by atoms with van der Waals surface area (Å²) in [7, 11) is -1.74. The molecule has 1 aromatic carbocycles. The molecule has 0 saturated heterocycles. The molecule has 14 heavy (non-hydrogen) atoms. The predicted octanol–water partition coefficient (Wildman–Crippen LogP) is 3.96. The van der Waals surface area contributed by atoms with E-state index in [0.717, 1.165) is 16.3 Å². The van der Waals surface area contributed by atoms with Crippen LogP contribution in [0.3, 0.4) is 0 Å². The number of hydrogen-bond acceptors (Lipinski definition) is 1. The second-order valence-corrected chi connectivity index (χ2v) is 8.05. The Balaban J connectivity index is 2.88. The van der Waals surface area contributed by atoms with Crippen LogP contribution in [0.1, 0.15) is 5.56 Å². The Hall–Kier alpha value is -0.733. The topological polar surface area (TPSA) is 9.23 Å². The fraction of sp³-hybridized carbons (Fsp3) is 0.273. The van der Waals surface area contributed by atoms with Gasteiger partial charge < -0.3 is 4.43 Å². The van der Waals surface area contributed by atoms with Crippen LogP contribution in [-0.2, 0) is 0 Å². The quantitative estimate of drug-likeness (QED) is 0.709. The van der Waals surface area contributed by atoms with Crippen molar-refractivity contribution in [3.63, 3.8) is 0 Å². The molecule has 1 rings (SSSR count). The third-order valence-electron chi connectivity index (χ3n) is 2.00. The van der Waals surface area contributed by atoms with Crippen LogP contribution in [0.4, 0.5) is 0 Å². The highest BCUT2D eigenvalue weighted by molar-refractivity contribution is 6.76. The fourth-order valence-electron chi connectivity index (χ4n) is 1.03. The van der Waals surface area contributed by atoms with Crippen LogP contribution in [0, 0.1) is 6.92 Å². The lowest BCUT2D eigenvalue weighted by Crippen LogP contribution is -2.31. The van der Waals surface area contributed by atoms with Gasteiger partial charge in [-0.05, 0) is 43.8 Å². The van der Waals surface area contributed by atoms with E-state index >= 15 is 0 Å². The van der Waals surface area contributed by atoms with Gasteiger partial charge in [-0.15, -0.1) is 6.58 Å². The Morgan fingerprint density at radius 3 is 2.57 bits per heavy atom. The largest absolute Gasteiger partial charge is 0.540 e. The van der Waals surface area contributed by atoms with Crippen LogP contribution in [0.25, 0.3) is 0 Å². The van der Waals surface area contributed by atoms with Gasteiger partial charge in [0.25, 0.3) is 8.32 Å². The molecular weight excluding hydrogens is 212 g/mol. The number of benzene rings is 1. The Kier molecular flexibility index (Phi) is 3.40. The van der Waals surface area contributed by atoms with E-state index in [4.69, 9.17) is 16.0 Å². The molecule has 1 nitrogen and oxygen atoms in total. The van der Waals surface area contributed by atoms with Gasteiger partial charge >= 0.3 is 0 Å². The van der Waals surface area contributed by atoms with Gasteiger partial charge in [-0.25, -0.2) is 0 Å². The summed E-state index contributed by atoms with van der Waals surface area (Å²) in [6.07, 6.45) is 0. The van der Waals surface area contributed by atoms with E-state index in [2.05, 4.69) is 19.7 Å². The summed E-state index contributed by atoms with van der Waals surface area (Å²) in [6, 6.07) is 5.72. The maximum absolute atomic E-state index is 5.92. The van der Waals surface area contributed by atoms with Gasteiger partial charge in [0.05, 0.1) is 0 Å². The van der Waals surface area contributed by atoms with E-state index in [1.165, 1.54) is 0 Å². The number of halogens is 1. The molecule has 0 bridgehead atoms. The smallest absolute Gasteiger partial charge is 0.269 e. The molecule has 0 N–H and O–H groups in total. The van der Waals surface area contributed by atoms with Crippen molar-refractivity contribution in [3.05, 3.63) is 41.1 Å². The minimum Gasteiger partial charge on any atom is -0.540 e. The Morgan fingerprint density at radius 2 is 2.07 bits per heavy atom. The van der Waals surface area contributed by atoms with E-state index in [1.807, 2.05) is 30.8 Å². The molecule has 0 radical (unpaired) electrons. The van der Waals surface area contributed by atoms with E-state index < -0.39 is 8.32 Å². The zero-order chi connectivity index (χ0) is 10.8. The summed E-state index contributed by atoms with van der Waals surface area (Å²) in [6.45, 7) is 9.95. The first-order chi connectivity index (χ1) is 6.44. The van der Waals surface area contributed by atoms with E-state index in [-0.39, 0.29) is 0 Å². The van der Waals surface area contributed by atoms with Crippen LogP contribution >= 0.6 is 11.6 Å². The van der Waals surface area contributed by atoms with Crippen molar-refractivity contribution < 1.29 is 4.43 Å². The molecule has 0 amide bonds. The van der Waals surface area contributed by atoms with Crippen LogP contribution < -0.4 is 4.43 Å². The van der Waals surface area contributed by atoms with Crippen molar-refractivity contribution in [3.8, 4) is 5.75 Å². The van der Waals surface area contributed by atoms with Gasteiger partial charge in [-0.1, -0.05) is 17.3 Å². The second-order valence-electron chi connectivity index (χ2n) is 3.82. The molecule has 76 valence electrons. The molecule has 3 heteroatoms. The lowest BCUT2D eigenvalue weighted by atomic mass is 10.2. The van der Waals surface area contributed by atoms with Gasteiger partial charge in [0.1, 0.15) is 5.75 Å². The van der Waals surface area contributed by atoms with Crippen molar-refractivity contribution >= 4 is 19.9 Å².